The maximum Gasteiger partial charge on any atom is 0.239 e. The number of hydrogen-bond acceptors (Lipinski definition) is 2. The van der Waals surface area contributed by atoms with Gasteiger partial charge in [0.05, 0.1) is 6.54 Å². The van der Waals surface area contributed by atoms with Crippen molar-refractivity contribution in [2.75, 3.05) is 13.1 Å². The van der Waals surface area contributed by atoms with Crippen LogP contribution in [-0.4, -0.2) is 35.8 Å². The summed E-state index contributed by atoms with van der Waals surface area (Å²) in [5, 5.41) is 2.92. The SMILES string of the molecule is CCC(C)N(CC(=O)NCCC1=CCCCC1)C(C)=O. The highest BCUT2D eigenvalue weighted by atomic mass is 16.2. The van der Waals surface area contributed by atoms with Crippen LogP contribution < -0.4 is 5.32 Å². The maximum atomic E-state index is 11.9. The zero-order chi connectivity index (χ0) is 15.0. The summed E-state index contributed by atoms with van der Waals surface area (Å²) in [6.45, 7) is 6.36. The third kappa shape index (κ3) is 5.76. The number of rotatable bonds is 7. The van der Waals surface area contributed by atoms with E-state index in [2.05, 4.69) is 11.4 Å². The van der Waals surface area contributed by atoms with Gasteiger partial charge in [-0.3, -0.25) is 9.59 Å². The molecule has 4 nitrogen and oxygen atoms in total. The van der Waals surface area contributed by atoms with Crippen LogP contribution in [0.15, 0.2) is 11.6 Å². The van der Waals surface area contributed by atoms with E-state index in [0.717, 1.165) is 12.8 Å². The fraction of sp³-hybridized carbons (Fsp3) is 0.750. The predicted molar refractivity (Wildman–Crippen MR) is 81.3 cm³/mol. The molecule has 1 aliphatic carbocycles. The molecule has 1 unspecified atom stereocenters. The van der Waals surface area contributed by atoms with Crippen LogP contribution in [0.5, 0.6) is 0 Å². The number of hydrogen-bond donors (Lipinski definition) is 1. The van der Waals surface area contributed by atoms with Gasteiger partial charge in [0.25, 0.3) is 0 Å². The van der Waals surface area contributed by atoms with E-state index in [9.17, 15) is 9.59 Å². The second kappa shape index (κ2) is 8.77. The van der Waals surface area contributed by atoms with Crippen molar-refractivity contribution >= 4 is 11.8 Å². The third-order valence-corrected chi connectivity index (χ3v) is 3.99. The molecule has 4 heteroatoms. The monoisotopic (exact) mass is 280 g/mol. The molecule has 2 amide bonds. The molecule has 20 heavy (non-hydrogen) atoms. The summed E-state index contributed by atoms with van der Waals surface area (Å²) in [6, 6.07) is 0.110. The summed E-state index contributed by atoms with van der Waals surface area (Å²) in [5.41, 5.74) is 1.46. The van der Waals surface area contributed by atoms with E-state index < -0.39 is 0 Å². The highest BCUT2D eigenvalue weighted by molar-refractivity contribution is 5.83. The molecule has 0 aromatic heterocycles. The molecule has 0 fully saturated rings. The first-order valence-electron chi connectivity index (χ1n) is 7.76. The lowest BCUT2D eigenvalue weighted by Gasteiger charge is -2.26. The Morgan fingerprint density at radius 3 is 2.70 bits per heavy atom. The van der Waals surface area contributed by atoms with Crippen molar-refractivity contribution in [1.29, 1.82) is 0 Å². The van der Waals surface area contributed by atoms with Gasteiger partial charge < -0.3 is 10.2 Å². The van der Waals surface area contributed by atoms with Crippen LogP contribution in [0.3, 0.4) is 0 Å². The van der Waals surface area contributed by atoms with E-state index in [4.69, 9.17) is 0 Å². The molecule has 0 radical (unpaired) electrons. The summed E-state index contributed by atoms with van der Waals surface area (Å²) in [4.78, 5) is 25.1. The van der Waals surface area contributed by atoms with Crippen molar-refractivity contribution in [2.45, 2.75) is 65.3 Å². The Kier molecular flexibility index (Phi) is 7.34. The standard InChI is InChI=1S/C16H28N2O2/c1-4-13(2)18(14(3)19)12-16(20)17-11-10-15-8-6-5-7-9-15/h8,13H,4-7,9-12H2,1-3H3,(H,17,20). The normalized spacial score (nSPS) is 16.2. The minimum Gasteiger partial charge on any atom is -0.354 e. The van der Waals surface area contributed by atoms with Crippen molar-refractivity contribution < 1.29 is 9.59 Å². The molecule has 0 heterocycles. The van der Waals surface area contributed by atoms with Gasteiger partial charge in [0.1, 0.15) is 0 Å². The van der Waals surface area contributed by atoms with Gasteiger partial charge in [0.2, 0.25) is 11.8 Å². The number of allylic oxidation sites excluding steroid dienone is 1. The van der Waals surface area contributed by atoms with Gasteiger partial charge in [-0.15, -0.1) is 0 Å². The summed E-state index contributed by atoms with van der Waals surface area (Å²) in [5.74, 6) is -0.0959. The van der Waals surface area contributed by atoms with Gasteiger partial charge in [0.15, 0.2) is 0 Å². The molecular formula is C16H28N2O2. The van der Waals surface area contributed by atoms with Gasteiger partial charge in [-0.2, -0.15) is 0 Å². The van der Waals surface area contributed by atoms with Crippen LogP contribution in [0.25, 0.3) is 0 Å². The molecule has 1 aliphatic rings. The van der Waals surface area contributed by atoms with Gasteiger partial charge >= 0.3 is 0 Å². The molecule has 114 valence electrons. The van der Waals surface area contributed by atoms with Gasteiger partial charge in [-0.05, 0) is 45.4 Å². The van der Waals surface area contributed by atoms with Crippen molar-refractivity contribution in [2.24, 2.45) is 0 Å². The molecular weight excluding hydrogens is 252 g/mol. The van der Waals surface area contributed by atoms with E-state index in [1.54, 1.807) is 4.90 Å². The van der Waals surface area contributed by atoms with Crippen molar-refractivity contribution in [3.63, 3.8) is 0 Å². The fourth-order valence-electron chi connectivity index (χ4n) is 2.50. The van der Waals surface area contributed by atoms with Crippen LogP contribution in [0, 0.1) is 0 Å². The molecule has 0 aromatic rings. The molecule has 0 spiro atoms. The molecule has 0 bridgehead atoms. The van der Waals surface area contributed by atoms with Gasteiger partial charge in [0, 0.05) is 19.5 Å². The largest absolute Gasteiger partial charge is 0.354 e. The lowest BCUT2D eigenvalue weighted by atomic mass is 9.97. The maximum absolute atomic E-state index is 11.9. The quantitative estimate of drug-likeness (QED) is 0.729. The number of nitrogens with one attached hydrogen (secondary N) is 1. The smallest absolute Gasteiger partial charge is 0.239 e. The van der Waals surface area contributed by atoms with E-state index >= 15 is 0 Å². The zero-order valence-electron chi connectivity index (χ0n) is 13.1. The van der Waals surface area contributed by atoms with Crippen molar-refractivity contribution in [3.05, 3.63) is 11.6 Å². The summed E-state index contributed by atoms with van der Waals surface area (Å²) in [6.07, 6.45) is 9.01. The van der Waals surface area contributed by atoms with Crippen LogP contribution >= 0.6 is 0 Å². The Morgan fingerprint density at radius 1 is 1.40 bits per heavy atom. The highest BCUT2D eigenvalue weighted by Crippen LogP contribution is 2.19. The minimum absolute atomic E-state index is 0.0375. The summed E-state index contributed by atoms with van der Waals surface area (Å²) < 4.78 is 0. The lowest BCUT2D eigenvalue weighted by Crippen LogP contribution is -2.44. The number of carbonyl (C=O) groups excluding carboxylic acids is 2. The molecule has 0 saturated carbocycles. The Balaban J connectivity index is 2.31. The minimum atomic E-state index is -0.0584. The number of nitrogens with zero attached hydrogens (tertiary/aromatic N) is 1. The Hall–Kier alpha value is -1.32. The van der Waals surface area contributed by atoms with Gasteiger partial charge in [-0.1, -0.05) is 18.6 Å². The first-order valence-corrected chi connectivity index (χ1v) is 7.76. The molecule has 0 aliphatic heterocycles. The highest BCUT2D eigenvalue weighted by Gasteiger charge is 2.18. The average molecular weight is 280 g/mol. The second-order valence-corrected chi connectivity index (χ2v) is 5.61. The Bertz CT molecular complexity index is 363. The van der Waals surface area contributed by atoms with Crippen molar-refractivity contribution in [3.8, 4) is 0 Å². The molecule has 1 rings (SSSR count). The van der Waals surface area contributed by atoms with Gasteiger partial charge in [-0.25, -0.2) is 0 Å². The van der Waals surface area contributed by atoms with Crippen LogP contribution in [0.4, 0.5) is 0 Å². The van der Waals surface area contributed by atoms with E-state index in [1.165, 1.54) is 38.2 Å². The number of carbonyl (C=O) groups is 2. The van der Waals surface area contributed by atoms with Crippen LogP contribution in [-0.2, 0) is 9.59 Å². The molecule has 1 atom stereocenters. The second-order valence-electron chi connectivity index (χ2n) is 5.61. The summed E-state index contributed by atoms with van der Waals surface area (Å²) in [7, 11) is 0. The first kappa shape index (κ1) is 16.7. The topological polar surface area (TPSA) is 49.4 Å². The average Bonchev–Trinajstić information content (AvgIpc) is 2.45. The third-order valence-electron chi connectivity index (χ3n) is 3.99. The Labute approximate surface area is 122 Å². The fourth-order valence-corrected chi connectivity index (χ4v) is 2.50. The van der Waals surface area contributed by atoms with E-state index in [1.807, 2.05) is 13.8 Å². The molecule has 1 N–H and O–H groups in total. The Morgan fingerprint density at radius 2 is 2.15 bits per heavy atom. The van der Waals surface area contributed by atoms with E-state index in [-0.39, 0.29) is 24.4 Å². The lowest BCUT2D eigenvalue weighted by molar-refractivity contribution is -0.136. The molecule has 0 aromatic carbocycles. The first-order chi connectivity index (χ1) is 9.54. The zero-order valence-corrected chi connectivity index (χ0v) is 13.1. The van der Waals surface area contributed by atoms with Crippen LogP contribution in [0.2, 0.25) is 0 Å². The van der Waals surface area contributed by atoms with Crippen LogP contribution in [0.1, 0.15) is 59.3 Å². The van der Waals surface area contributed by atoms with Crippen molar-refractivity contribution in [1.82, 2.24) is 10.2 Å². The van der Waals surface area contributed by atoms with E-state index in [0.29, 0.717) is 6.54 Å². The molecule has 0 saturated heterocycles. The predicted octanol–water partition coefficient (Wildman–Crippen LogP) is 2.64. The number of amides is 2. The summed E-state index contributed by atoms with van der Waals surface area (Å²) >= 11 is 0.